The average Bonchev–Trinajstić information content (AvgIpc) is 2.27. The van der Waals surface area contributed by atoms with Crippen molar-refractivity contribution in [3.05, 3.63) is 0 Å². The molecule has 1 heterocycles. The van der Waals surface area contributed by atoms with E-state index in [0.717, 1.165) is 11.3 Å². The second-order valence-corrected chi connectivity index (χ2v) is 9.88. The van der Waals surface area contributed by atoms with Crippen molar-refractivity contribution in [1.82, 2.24) is 4.90 Å². The lowest BCUT2D eigenvalue weighted by Gasteiger charge is -2.54. The summed E-state index contributed by atoms with van der Waals surface area (Å²) in [5, 5.41) is 0.845. The van der Waals surface area contributed by atoms with Gasteiger partial charge in [-0.15, -0.1) is 0 Å². The summed E-state index contributed by atoms with van der Waals surface area (Å²) in [5.74, 6) is 8.55. The van der Waals surface area contributed by atoms with E-state index in [1.54, 1.807) is 0 Å². The Kier molecular flexibility index (Phi) is 5.37. The van der Waals surface area contributed by atoms with Gasteiger partial charge in [0.15, 0.2) is 0 Å². The fraction of sp³-hybridized carbons (Fsp3) is 0.875. The molecule has 1 nitrogen and oxygen atoms in total. The van der Waals surface area contributed by atoms with Crippen LogP contribution < -0.4 is 0 Å². The molecule has 108 valence electrons. The third kappa shape index (κ3) is 3.54. The van der Waals surface area contributed by atoms with Crippen LogP contribution in [0.1, 0.15) is 53.4 Å². The molecule has 1 saturated heterocycles. The average molecular weight is 272 g/mol. The van der Waals surface area contributed by atoms with Crippen molar-refractivity contribution >= 4 is 20.9 Å². The van der Waals surface area contributed by atoms with Crippen LogP contribution in [0.25, 0.3) is 0 Å². The Balaban J connectivity index is 0.000000771. The summed E-state index contributed by atoms with van der Waals surface area (Å²) in [5.41, 5.74) is 0.694. The van der Waals surface area contributed by atoms with Crippen LogP contribution in [-0.4, -0.2) is 47.3 Å². The van der Waals surface area contributed by atoms with Gasteiger partial charge in [-0.1, -0.05) is 25.6 Å². The van der Waals surface area contributed by atoms with Gasteiger partial charge in [-0.05, 0) is 69.5 Å². The predicted octanol–water partition coefficient (Wildman–Crippen LogP) is 3.96. The van der Waals surface area contributed by atoms with Gasteiger partial charge in [-0.25, -0.2) is 9.21 Å². The molecule has 0 N–H and O–H groups in total. The maximum Gasteiger partial charge on any atom is 0.00385 e. The first-order chi connectivity index (χ1) is 8.32. The highest BCUT2D eigenvalue weighted by molar-refractivity contribution is 8.27. The van der Waals surface area contributed by atoms with E-state index >= 15 is 0 Å². The van der Waals surface area contributed by atoms with Crippen molar-refractivity contribution in [2.24, 2.45) is 5.41 Å². The SMILES string of the molecule is C=S(=C)(C)C1CC2(CCN(C(C)C)CC2)C1.CC. The van der Waals surface area contributed by atoms with E-state index in [1.807, 2.05) is 13.8 Å². The third-order valence-corrected chi connectivity index (χ3v) is 6.66. The van der Waals surface area contributed by atoms with Crippen LogP contribution >= 0.6 is 9.21 Å². The maximum atomic E-state index is 4.28. The van der Waals surface area contributed by atoms with Crippen LogP contribution in [0.2, 0.25) is 0 Å². The fourth-order valence-electron chi connectivity index (χ4n) is 3.23. The molecule has 0 radical (unpaired) electrons. The van der Waals surface area contributed by atoms with E-state index in [1.165, 1.54) is 38.8 Å². The number of nitrogens with zero attached hydrogens (tertiary/aromatic N) is 1. The molecule has 1 spiro atoms. The molecule has 2 fully saturated rings. The van der Waals surface area contributed by atoms with E-state index in [-0.39, 0.29) is 0 Å². The minimum atomic E-state index is -0.785. The van der Waals surface area contributed by atoms with Gasteiger partial charge in [0.05, 0.1) is 0 Å². The summed E-state index contributed by atoms with van der Waals surface area (Å²) >= 11 is 0. The van der Waals surface area contributed by atoms with Crippen LogP contribution in [-0.2, 0) is 0 Å². The van der Waals surface area contributed by atoms with Gasteiger partial charge in [0.1, 0.15) is 0 Å². The summed E-state index contributed by atoms with van der Waals surface area (Å²) in [6, 6.07) is 0.727. The summed E-state index contributed by atoms with van der Waals surface area (Å²) in [6.45, 7) is 11.2. The van der Waals surface area contributed by atoms with Crippen LogP contribution in [0, 0.1) is 5.41 Å². The van der Waals surface area contributed by atoms with E-state index in [9.17, 15) is 0 Å². The first-order valence-electron chi connectivity index (χ1n) is 7.50. The molecule has 0 atom stereocenters. The van der Waals surface area contributed by atoms with Gasteiger partial charge in [-0.3, -0.25) is 0 Å². The molecular weight excluding hydrogens is 238 g/mol. The fourth-order valence-corrected chi connectivity index (χ4v) is 4.74. The maximum absolute atomic E-state index is 4.28. The Bertz CT molecular complexity index is 337. The minimum Gasteiger partial charge on any atom is -0.301 e. The van der Waals surface area contributed by atoms with Crippen molar-refractivity contribution in [2.45, 2.75) is 64.7 Å². The van der Waals surface area contributed by atoms with Crippen LogP contribution in [0.15, 0.2) is 0 Å². The van der Waals surface area contributed by atoms with Gasteiger partial charge in [0.2, 0.25) is 0 Å². The van der Waals surface area contributed by atoms with Crippen molar-refractivity contribution in [2.75, 3.05) is 19.3 Å². The Hall–Kier alpha value is 0.0500. The summed E-state index contributed by atoms with van der Waals surface area (Å²) in [6.07, 6.45) is 7.93. The molecule has 0 aromatic rings. The van der Waals surface area contributed by atoms with E-state index in [0.29, 0.717) is 5.41 Å². The summed E-state index contributed by atoms with van der Waals surface area (Å²) in [4.78, 5) is 2.62. The number of piperidine rings is 1. The largest absolute Gasteiger partial charge is 0.301 e. The van der Waals surface area contributed by atoms with Crippen molar-refractivity contribution in [1.29, 1.82) is 0 Å². The third-order valence-electron chi connectivity index (χ3n) is 4.72. The van der Waals surface area contributed by atoms with Crippen molar-refractivity contribution in [3.8, 4) is 0 Å². The molecule has 18 heavy (non-hydrogen) atoms. The molecule has 0 aromatic heterocycles. The smallest absolute Gasteiger partial charge is 0.00385 e. The Labute approximate surface area is 115 Å². The lowest BCUT2D eigenvalue weighted by Crippen LogP contribution is -2.50. The number of rotatable bonds is 2. The number of hydrogen-bond donors (Lipinski definition) is 0. The molecule has 0 aromatic carbocycles. The topological polar surface area (TPSA) is 3.24 Å². The van der Waals surface area contributed by atoms with Gasteiger partial charge in [-0.2, -0.15) is 0 Å². The molecule has 1 aliphatic heterocycles. The zero-order valence-corrected chi connectivity index (χ0v) is 14.0. The first kappa shape index (κ1) is 16.1. The quantitative estimate of drug-likeness (QED) is 0.687. The molecule has 2 rings (SSSR count). The lowest BCUT2D eigenvalue weighted by atomic mass is 9.63. The van der Waals surface area contributed by atoms with E-state index in [4.69, 9.17) is 0 Å². The molecule has 0 unspecified atom stereocenters. The minimum absolute atomic E-state index is 0.694. The van der Waals surface area contributed by atoms with Crippen molar-refractivity contribution in [3.63, 3.8) is 0 Å². The zero-order chi connectivity index (χ0) is 14.0. The monoisotopic (exact) mass is 271 g/mol. The second kappa shape index (κ2) is 6.00. The predicted molar refractivity (Wildman–Crippen MR) is 90.5 cm³/mol. The normalized spacial score (nSPS) is 24.6. The van der Waals surface area contributed by atoms with Crippen LogP contribution in [0.5, 0.6) is 0 Å². The molecule has 2 heteroatoms. The van der Waals surface area contributed by atoms with Crippen LogP contribution in [0.3, 0.4) is 0 Å². The van der Waals surface area contributed by atoms with Gasteiger partial charge < -0.3 is 4.90 Å². The molecule has 0 bridgehead atoms. The Morgan fingerprint density at radius 1 is 1.11 bits per heavy atom. The molecule has 2 aliphatic rings. The van der Waals surface area contributed by atoms with Gasteiger partial charge >= 0.3 is 0 Å². The van der Waals surface area contributed by atoms with Crippen LogP contribution in [0.4, 0.5) is 0 Å². The van der Waals surface area contributed by atoms with Crippen molar-refractivity contribution < 1.29 is 0 Å². The Morgan fingerprint density at radius 2 is 1.56 bits per heavy atom. The highest BCUT2D eigenvalue weighted by Crippen LogP contribution is 2.55. The first-order valence-corrected chi connectivity index (χ1v) is 9.94. The second-order valence-electron chi connectivity index (χ2n) is 6.51. The highest BCUT2D eigenvalue weighted by atomic mass is 32.2. The van der Waals surface area contributed by atoms with E-state index < -0.39 is 9.21 Å². The molecule has 0 amide bonds. The summed E-state index contributed by atoms with van der Waals surface area (Å²) < 4.78 is 0. The standard InChI is InChI=1S/C14H27NS.C2H6/c1-12(2)15-8-6-14(7-9-15)10-13(11-14)16(3,4)5;1-2/h12-13H,3-4,6-11H2,1-2,5H3;1-2H3. The van der Waals surface area contributed by atoms with Gasteiger partial charge in [0.25, 0.3) is 0 Å². The summed E-state index contributed by atoms with van der Waals surface area (Å²) in [7, 11) is -0.785. The van der Waals surface area contributed by atoms with E-state index in [2.05, 4.69) is 36.7 Å². The Morgan fingerprint density at radius 3 is 1.89 bits per heavy atom. The highest BCUT2D eigenvalue weighted by Gasteiger charge is 2.46. The molecular formula is C16H33NS. The zero-order valence-electron chi connectivity index (χ0n) is 13.2. The molecule has 1 aliphatic carbocycles. The lowest BCUT2D eigenvalue weighted by molar-refractivity contribution is 0.0266. The van der Waals surface area contributed by atoms with Gasteiger partial charge in [0, 0.05) is 6.04 Å². The number of likely N-dealkylation sites (tertiary alicyclic amines) is 1. The number of hydrogen-bond acceptors (Lipinski definition) is 1. The molecule has 1 saturated carbocycles.